The fraction of sp³-hybridized carbons (Fsp3) is 0.125. The Morgan fingerprint density at radius 1 is 1.05 bits per heavy atom. The van der Waals surface area contributed by atoms with Gasteiger partial charge in [0.05, 0.1) is 19.8 Å². The van der Waals surface area contributed by atoms with Gasteiger partial charge in [-0.1, -0.05) is 12.1 Å². The first kappa shape index (κ1) is 13.2. The summed E-state index contributed by atoms with van der Waals surface area (Å²) >= 11 is 0. The van der Waals surface area contributed by atoms with Crippen molar-refractivity contribution in [2.75, 3.05) is 14.2 Å². The van der Waals surface area contributed by atoms with Crippen LogP contribution in [0.4, 0.5) is 0 Å². The molecule has 0 aliphatic carbocycles. The molecule has 0 aliphatic heterocycles. The van der Waals surface area contributed by atoms with Crippen LogP contribution in [0.25, 0.3) is 21.7 Å². The minimum Gasteiger partial charge on any atom is -0.496 e. The molecule has 0 spiro atoms. The molecule has 1 heterocycles. The zero-order chi connectivity index (χ0) is 15.0. The lowest BCUT2D eigenvalue weighted by atomic mass is 10.0. The maximum absolute atomic E-state index is 11.8. The Morgan fingerprint density at radius 2 is 1.81 bits per heavy atom. The Morgan fingerprint density at radius 3 is 2.52 bits per heavy atom. The van der Waals surface area contributed by atoms with Crippen LogP contribution in [0, 0.1) is 0 Å². The molecule has 1 aromatic heterocycles. The van der Waals surface area contributed by atoms with E-state index in [1.807, 2.05) is 18.2 Å². The van der Waals surface area contributed by atoms with Crippen molar-refractivity contribution >= 4 is 27.7 Å². The van der Waals surface area contributed by atoms with Crippen molar-refractivity contribution in [1.82, 2.24) is 0 Å². The third-order valence-electron chi connectivity index (χ3n) is 3.35. The number of rotatable bonds is 2. The Kier molecular flexibility index (Phi) is 3.10. The Balaban J connectivity index is 2.49. The van der Waals surface area contributed by atoms with E-state index in [0.717, 1.165) is 11.5 Å². The van der Waals surface area contributed by atoms with Crippen LogP contribution in [0.3, 0.4) is 0 Å². The highest BCUT2D eigenvalue weighted by Gasteiger charge is 2.16. The van der Waals surface area contributed by atoms with E-state index < -0.39 is 11.6 Å². The second-order valence-corrected chi connectivity index (χ2v) is 4.47. The molecule has 0 saturated heterocycles. The minimum atomic E-state index is -0.599. The highest BCUT2D eigenvalue weighted by Crippen LogP contribution is 2.32. The highest BCUT2D eigenvalue weighted by molar-refractivity contribution is 6.12. The summed E-state index contributed by atoms with van der Waals surface area (Å²) < 4.78 is 15.3. The molecule has 0 unspecified atom stereocenters. The van der Waals surface area contributed by atoms with E-state index >= 15 is 0 Å². The van der Waals surface area contributed by atoms with Crippen molar-refractivity contribution in [3.05, 3.63) is 52.4 Å². The number of carbonyl (C=O) groups is 1. The van der Waals surface area contributed by atoms with E-state index in [9.17, 15) is 9.59 Å². The predicted octanol–water partition coefficient (Wildman–Crippen LogP) is 2.74. The number of esters is 1. The van der Waals surface area contributed by atoms with Gasteiger partial charge in [-0.05, 0) is 18.2 Å². The third kappa shape index (κ3) is 2.03. The molecule has 106 valence electrons. The van der Waals surface area contributed by atoms with E-state index in [2.05, 4.69) is 0 Å². The normalized spacial score (nSPS) is 10.8. The lowest BCUT2D eigenvalue weighted by Gasteiger charge is -2.08. The van der Waals surface area contributed by atoms with Crippen molar-refractivity contribution in [1.29, 1.82) is 0 Å². The summed E-state index contributed by atoms with van der Waals surface area (Å²) in [7, 11) is 2.84. The molecule has 0 N–H and O–H groups in total. The van der Waals surface area contributed by atoms with Crippen LogP contribution >= 0.6 is 0 Å². The fourth-order valence-corrected chi connectivity index (χ4v) is 2.41. The number of benzene rings is 2. The van der Waals surface area contributed by atoms with Crippen molar-refractivity contribution in [2.45, 2.75) is 0 Å². The molecule has 3 aromatic rings. The summed E-state index contributed by atoms with van der Waals surface area (Å²) in [6.07, 6.45) is 0. The molecule has 0 bridgehead atoms. The summed E-state index contributed by atoms with van der Waals surface area (Å²) in [6.45, 7) is 0. The zero-order valence-electron chi connectivity index (χ0n) is 11.5. The van der Waals surface area contributed by atoms with E-state index in [4.69, 9.17) is 13.9 Å². The first-order valence-corrected chi connectivity index (χ1v) is 6.27. The molecular formula is C16H12O5. The summed E-state index contributed by atoms with van der Waals surface area (Å²) in [6, 6.07) is 10.1. The van der Waals surface area contributed by atoms with Gasteiger partial charge in [0.15, 0.2) is 0 Å². The number of methoxy groups -OCH3 is 2. The second-order valence-electron chi connectivity index (χ2n) is 4.47. The van der Waals surface area contributed by atoms with Crippen molar-refractivity contribution in [3.8, 4) is 5.75 Å². The van der Waals surface area contributed by atoms with Crippen molar-refractivity contribution < 1.29 is 18.7 Å². The summed E-state index contributed by atoms with van der Waals surface area (Å²) in [4.78, 5) is 23.5. The molecule has 0 amide bonds. The topological polar surface area (TPSA) is 65.7 Å². The number of fused-ring (bicyclic) bond motifs is 3. The zero-order valence-corrected chi connectivity index (χ0v) is 11.5. The monoisotopic (exact) mass is 284 g/mol. The molecular weight excluding hydrogens is 272 g/mol. The number of hydrogen-bond donors (Lipinski definition) is 0. The average Bonchev–Trinajstić information content (AvgIpc) is 2.52. The fourth-order valence-electron chi connectivity index (χ4n) is 2.41. The smallest absolute Gasteiger partial charge is 0.338 e. The molecule has 0 fully saturated rings. The summed E-state index contributed by atoms with van der Waals surface area (Å²) in [5, 5.41) is 2.04. The summed E-state index contributed by atoms with van der Waals surface area (Å²) in [5.41, 5.74) is -0.0639. The van der Waals surface area contributed by atoms with Crippen LogP contribution in [-0.4, -0.2) is 20.2 Å². The van der Waals surface area contributed by atoms with E-state index in [-0.39, 0.29) is 5.56 Å². The van der Waals surface area contributed by atoms with E-state index in [0.29, 0.717) is 22.1 Å². The molecule has 21 heavy (non-hydrogen) atoms. The van der Waals surface area contributed by atoms with Crippen LogP contribution in [0.15, 0.2) is 45.6 Å². The van der Waals surface area contributed by atoms with Gasteiger partial charge in [-0.25, -0.2) is 9.59 Å². The van der Waals surface area contributed by atoms with Gasteiger partial charge in [0.25, 0.3) is 0 Å². The van der Waals surface area contributed by atoms with Crippen LogP contribution in [-0.2, 0) is 4.74 Å². The first-order chi connectivity index (χ1) is 10.2. The molecule has 3 rings (SSSR count). The standard InChI is InChI=1S/C16H12O5/c1-19-13-5-3-4-10-9(13)6-7-11-12(16(18)20-2)8-14(17)21-15(10)11/h3-8H,1-2H3. The average molecular weight is 284 g/mol. The van der Waals surface area contributed by atoms with Gasteiger partial charge in [-0.2, -0.15) is 0 Å². The molecule has 0 radical (unpaired) electrons. The van der Waals surface area contributed by atoms with Crippen LogP contribution in [0.2, 0.25) is 0 Å². The van der Waals surface area contributed by atoms with E-state index in [1.54, 1.807) is 19.2 Å². The Labute approximate surface area is 119 Å². The Hall–Kier alpha value is -2.82. The lowest BCUT2D eigenvalue weighted by Crippen LogP contribution is -2.08. The molecule has 2 aromatic carbocycles. The van der Waals surface area contributed by atoms with Gasteiger partial charge in [-0.15, -0.1) is 0 Å². The Bertz CT molecular complexity index is 908. The highest BCUT2D eigenvalue weighted by atomic mass is 16.5. The maximum atomic E-state index is 11.8. The molecule has 5 nitrogen and oxygen atoms in total. The summed E-state index contributed by atoms with van der Waals surface area (Å²) in [5.74, 6) is 0.0932. The van der Waals surface area contributed by atoms with Crippen LogP contribution in [0.5, 0.6) is 5.75 Å². The van der Waals surface area contributed by atoms with E-state index in [1.165, 1.54) is 7.11 Å². The number of carbonyl (C=O) groups excluding carboxylic acids is 1. The van der Waals surface area contributed by atoms with Gasteiger partial charge in [0.1, 0.15) is 11.3 Å². The van der Waals surface area contributed by atoms with Crippen molar-refractivity contribution in [3.63, 3.8) is 0 Å². The van der Waals surface area contributed by atoms with Gasteiger partial charge in [-0.3, -0.25) is 0 Å². The largest absolute Gasteiger partial charge is 0.496 e. The molecule has 0 aliphatic rings. The number of hydrogen-bond acceptors (Lipinski definition) is 5. The molecule has 0 saturated carbocycles. The third-order valence-corrected chi connectivity index (χ3v) is 3.35. The second kappa shape index (κ2) is 4.94. The lowest BCUT2D eigenvalue weighted by molar-refractivity contribution is 0.0602. The van der Waals surface area contributed by atoms with Crippen LogP contribution < -0.4 is 10.4 Å². The van der Waals surface area contributed by atoms with Gasteiger partial charge < -0.3 is 13.9 Å². The van der Waals surface area contributed by atoms with Gasteiger partial charge in [0.2, 0.25) is 0 Å². The minimum absolute atomic E-state index is 0.188. The SMILES string of the molecule is COC(=O)c1cc(=O)oc2c1ccc1c(OC)cccc12. The first-order valence-electron chi connectivity index (χ1n) is 6.27. The number of ether oxygens (including phenoxy) is 2. The van der Waals surface area contributed by atoms with Gasteiger partial charge in [0, 0.05) is 22.2 Å². The van der Waals surface area contributed by atoms with Gasteiger partial charge >= 0.3 is 11.6 Å². The molecule has 0 atom stereocenters. The maximum Gasteiger partial charge on any atom is 0.338 e. The quantitative estimate of drug-likeness (QED) is 0.411. The van der Waals surface area contributed by atoms with Crippen LogP contribution in [0.1, 0.15) is 10.4 Å². The van der Waals surface area contributed by atoms with Crippen molar-refractivity contribution in [2.24, 2.45) is 0 Å². The predicted molar refractivity (Wildman–Crippen MR) is 77.9 cm³/mol. The molecule has 5 heteroatoms.